The highest BCUT2D eigenvalue weighted by Crippen LogP contribution is 2.18. The van der Waals surface area contributed by atoms with Gasteiger partial charge in [-0.1, -0.05) is 18.6 Å². The van der Waals surface area contributed by atoms with E-state index in [0.717, 1.165) is 30.8 Å². The number of pyridine rings is 1. The minimum Gasteiger partial charge on any atom is -0.309 e. The van der Waals surface area contributed by atoms with Gasteiger partial charge in [-0.15, -0.1) is 6.58 Å². The van der Waals surface area contributed by atoms with Crippen molar-refractivity contribution in [2.45, 2.75) is 39.7 Å². The van der Waals surface area contributed by atoms with Crippen LogP contribution in [0.2, 0.25) is 0 Å². The summed E-state index contributed by atoms with van der Waals surface area (Å²) in [5.74, 6) is 0. The van der Waals surface area contributed by atoms with Crippen LogP contribution in [0.1, 0.15) is 44.1 Å². The number of rotatable bonds is 6. The predicted octanol–water partition coefficient (Wildman–Crippen LogP) is 3.40. The van der Waals surface area contributed by atoms with Crippen LogP contribution in [-0.4, -0.2) is 11.5 Å². The second-order valence-electron chi connectivity index (χ2n) is 4.31. The Kier molecular flexibility index (Phi) is 5.20. The van der Waals surface area contributed by atoms with E-state index >= 15 is 0 Å². The third-order valence-electron chi connectivity index (χ3n) is 2.58. The third kappa shape index (κ3) is 4.15. The van der Waals surface area contributed by atoms with Crippen LogP contribution < -0.4 is 5.32 Å². The maximum atomic E-state index is 4.58. The highest BCUT2D eigenvalue weighted by Gasteiger charge is 2.11. The molecule has 0 amide bonds. The molecule has 0 fully saturated rings. The van der Waals surface area contributed by atoms with Crippen LogP contribution in [0.4, 0.5) is 0 Å². The topological polar surface area (TPSA) is 24.9 Å². The van der Waals surface area contributed by atoms with E-state index in [1.54, 1.807) is 0 Å². The molecule has 0 aliphatic heterocycles. The molecule has 0 aliphatic carbocycles. The van der Waals surface area contributed by atoms with Gasteiger partial charge in [0.05, 0.1) is 5.69 Å². The van der Waals surface area contributed by atoms with E-state index in [9.17, 15) is 0 Å². The molecule has 1 heterocycles. The molecule has 0 aliphatic rings. The van der Waals surface area contributed by atoms with Crippen LogP contribution in [-0.2, 0) is 0 Å². The third-order valence-corrected chi connectivity index (χ3v) is 2.58. The van der Waals surface area contributed by atoms with Gasteiger partial charge < -0.3 is 5.32 Å². The predicted molar refractivity (Wildman–Crippen MR) is 69.4 cm³/mol. The molecule has 2 nitrogen and oxygen atoms in total. The Hall–Kier alpha value is -1.15. The number of allylic oxidation sites excluding steroid dienone is 1. The van der Waals surface area contributed by atoms with Crippen molar-refractivity contribution in [1.82, 2.24) is 10.3 Å². The van der Waals surface area contributed by atoms with Gasteiger partial charge in [-0.3, -0.25) is 4.98 Å². The van der Waals surface area contributed by atoms with Crippen LogP contribution in [0, 0.1) is 6.92 Å². The molecule has 0 saturated carbocycles. The average Bonchev–Trinajstić information content (AvgIpc) is 2.24. The lowest BCUT2D eigenvalue weighted by atomic mass is 10.0. The Morgan fingerprint density at radius 1 is 1.50 bits per heavy atom. The molecule has 1 unspecified atom stereocenters. The lowest BCUT2D eigenvalue weighted by Crippen LogP contribution is -2.22. The van der Waals surface area contributed by atoms with E-state index in [1.807, 2.05) is 13.0 Å². The number of hydrogen-bond donors (Lipinski definition) is 1. The smallest absolute Gasteiger partial charge is 0.0576 e. The lowest BCUT2D eigenvalue weighted by molar-refractivity contribution is 0.502. The zero-order valence-electron chi connectivity index (χ0n) is 10.6. The van der Waals surface area contributed by atoms with Crippen molar-refractivity contribution in [3.8, 4) is 0 Å². The molecule has 0 bridgehead atoms. The minimum atomic E-state index is 0.349. The van der Waals surface area contributed by atoms with Gasteiger partial charge in [-0.2, -0.15) is 0 Å². The van der Waals surface area contributed by atoms with Crippen molar-refractivity contribution >= 4 is 0 Å². The van der Waals surface area contributed by atoms with Gasteiger partial charge in [0.2, 0.25) is 0 Å². The highest BCUT2D eigenvalue weighted by atomic mass is 14.9. The van der Waals surface area contributed by atoms with Gasteiger partial charge in [-0.05, 0) is 45.4 Å². The number of nitrogens with one attached hydrogen (secondary N) is 1. The van der Waals surface area contributed by atoms with Crippen molar-refractivity contribution in [3.63, 3.8) is 0 Å². The maximum Gasteiger partial charge on any atom is 0.0576 e. The molecule has 0 radical (unpaired) electrons. The molecule has 88 valence electrons. The minimum absolute atomic E-state index is 0.349. The first kappa shape index (κ1) is 12.9. The van der Waals surface area contributed by atoms with E-state index in [1.165, 1.54) is 5.57 Å². The summed E-state index contributed by atoms with van der Waals surface area (Å²) in [6.07, 6.45) is 2.12. The molecule has 2 heteroatoms. The fourth-order valence-electron chi connectivity index (χ4n) is 1.75. The second kappa shape index (κ2) is 6.44. The normalized spacial score (nSPS) is 12.4. The van der Waals surface area contributed by atoms with Gasteiger partial charge in [0.15, 0.2) is 0 Å². The second-order valence-corrected chi connectivity index (χ2v) is 4.31. The number of aryl methyl sites for hydroxylation is 1. The van der Waals surface area contributed by atoms with Gasteiger partial charge in [0, 0.05) is 11.7 Å². The molecular formula is C14H22N2. The molecule has 0 spiro atoms. The summed E-state index contributed by atoms with van der Waals surface area (Å²) in [6, 6.07) is 6.55. The number of hydrogen-bond acceptors (Lipinski definition) is 2. The Morgan fingerprint density at radius 3 is 2.81 bits per heavy atom. The summed E-state index contributed by atoms with van der Waals surface area (Å²) in [6.45, 7) is 11.2. The molecule has 16 heavy (non-hydrogen) atoms. The van der Waals surface area contributed by atoms with Crippen molar-refractivity contribution in [3.05, 3.63) is 41.7 Å². The zero-order valence-corrected chi connectivity index (χ0v) is 10.6. The molecule has 1 atom stereocenters. The summed E-state index contributed by atoms with van der Waals surface area (Å²) >= 11 is 0. The Balaban J connectivity index is 2.72. The molecule has 1 aromatic rings. The summed E-state index contributed by atoms with van der Waals surface area (Å²) in [4.78, 5) is 4.58. The first-order valence-corrected chi connectivity index (χ1v) is 5.94. The van der Waals surface area contributed by atoms with Crippen molar-refractivity contribution in [2.24, 2.45) is 0 Å². The summed E-state index contributed by atoms with van der Waals surface area (Å²) in [5.41, 5.74) is 3.45. The summed E-state index contributed by atoms with van der Waals surface area (Å²) in [7, 11) is 0. The number of aromatic nitrogens is 1. The Bertz CT molecular complexity index is 344. The largest absolute Gasteiger partial charge is 0.309 e. The van der Waals surface area contributed by atoms with Crippen molar-refractivity contribution < 1.29 is 0 Å². The Morgan fingerprint density at radius 2 is 2.25 bits per heavy atom. The quantitative estimate of drug-likeness (QED) is 0.740. The zero-order chi connectivity index (χ0) is 12.0. The van der Waals surface area contributed by atoms with Crippen LogP contribution >= 0.6 is 0 Å². The molecular weight excluding hydrogens is 196 g/mol. The molecule has 1 aromatic heterocycles. The molecule has 1 rings (SSSR count). The SMILES string of the molecule is C=C(C)CCC(NCC)c1cccc(C)n1. The van der Waals surface area contributed by atoms with Crippen LogP contribution in [0.3, 0.4) is 0 Å². The summed E-state index contributed by atoms with van der Waals surface area (Å²) < 4.78 is 0. The van der Waals surface area contributed by atoms with E-state index in [2.05, 4.69) is 42.9 Å². The standard InChI is InChI=1S/C14H22N2/c1-5-15-13(10-9-11(2)3)14-8-6-7-12(4)16-14/h6-8,13,15H,2,5,9-10H2,1,3-4H3. The van der Waals surface area contributed by atoms with Crippen molar-refractivity contribution in [2.75, 3.05) is 6.54 Å². The van der Waals surface area contributed by atoms with E-state index in [0.29, 0.717) is 6.04 Å². The fourth-order valence-corrected chi connectivity index (χ4v) is 1.75. The highest BCUT2D eigenvalue weighted by molar-refractivity contribution is 5.13. The maximum absolute atomic E-state index is 4.58. The van der Waals surface area contributed by atoms with E-state index < -0.39 is 0 Å². The molecule has 0 aromatic carbocycles. The number of nitrogens with zero attached hydrogens (tertiary/aromatic N) is 1. The van der Waals surface area contributed by atoms with Gasteiger partial charge in [0.25, 0.3) is 0 Å². The lowest BCUT2D eigenvalue weighted by Gasteiger charge is -2.17. The molecule has 1 N–H and O–H groups in total. The first-order chi connectivity index (χ1) is 7.63. The van der Waals surface area contributed by atoms with Crippen LogP contribution in [0.25, 0.3) is 0 Å². The fraction of sp³-hybridized carbons (Fsp3) is 0.500. The average molecular weight is 218 g/mol. The van der Waals surface area contributed by atoms with Gasteiger partial charge in [0.1, 0.15) is 0 Å². The van der Waals surface area contributed by atoms with Gasteiger partial charge >= 0.3 is 0 Å². The summed E-state index contributed by atoms with van der Waals surface area (Å²) in [5, 5.41) is 3.48. The Labute approximate surface area is 98.8 Å². The monoisotopic (exact) mass is 218 g/mol. The van der Waals surface area contributed by atoms with Crippen LogP contribution in [0.15, 0.2) is 30.4 Å². The van der Waals surface area contributed by atoms with Gasteiger partial charge in [-0.25, -0.2) is 0 Å². The van der Waals surface area contributed by atoms with Crippen LogP contribution in [0.5, 0.6) is 0 Å². The van der Waals surface area contributed by atoms with E-state index in [4.69, 9.17) is 0 Å². The first-order valence-electron chi connectivity index (χ1n) is 5.94. The van der Waals surface area contributed by atoms with E-state index in [-0.39, 0.29) is 0 Å². The molecule has 0 saturated heterocycles. The van der Waals surface area contributed by atoms with Crippen molar-refractivity contribution in [1.29, 1.82) is 0 Å².